The highest BCUT2D eigenvalue weighted by Gasteiger charge is 2.15. The first-order valence-corrected chi connectivity index (χ1v) is 4.71. The Morgan fingerprint density at radius 2 is 2.36 bits per heavy atom. The molecule has 1 heterocycles. The Balaban J connectivity index is 2.11. The van der Waals surface area contributed by atoms with Gasteiger partial charge in [0.1, 0.15) is 0 Å². The molecule has 0 aromatic carbocycles. The van der Waals surface area contributed by atoms with Crippen molar-refractivity contribution in [3.8, 4) is 0 Å². The Hall–Kier alpha value is -0.940. The molecule has 0 bridgehead atoms. The zero-order valence-electron chi connectivity index (χ0n) is 8.66. The van der Waals surface area contributed by atoms with E-state index in [0.29, 0.717) is 5.82 Å². The highest BCUT2D eigenvalue weighted by Crippen LogP contribution is 2.10. The molecule has 14 heavy (non-hydrogen) atoms. The van der Waals surface area contributed by atoms with Crippen LogP contribution >= 0.6 is 0 Å². The van der Waals surface area contributed by atoms with E-state index in [1.165, 1.54) is 6.39 Å². The SMILES string of the molecule is CC(C)(CO)CNCCc1ncon1. The molecule has 0 spiro atoms. The van der Waals surface area contributed by atoms with Gasteiger partial charge in [-0.25, -0.2) is 0 Å². The summed E-state index contributed by atoms with van der Waals surface area (Å²) >= 11 is 0. The monoisotopic (exact) mass is 199 g/mol. The molecule has 0 unspecified atom stereocenters. The number of hydrogen-bond acceptors (Lipinski definition) is 5. The van der Waals surface area contributed by atoms with Crippen LogP contribution in [0.4, 0.5) is 0 Å². The van der Waals surface area contributed by atoms with Crippen LogP contribution in [0.3, 0.4) is 0 Å². The summed E-state index contributed by atoms with van der Waals surface area (Å²) in [6, 6.07) is 0. The predicted octanol–water partition coefficient (Wildman–Crippen LogP) is 0.220. The lowest BCUT2D eigenvalue weighted by molar-refractivity contribution is 0.157. The van der Waals surface area contributed by atoms with E-state index in [4.69, 9.17) is 5.11 Å². The quantitative estimate of drug-likeness (QED) is 0.641. The molecular formula is C9H17N3O2. The zero-order valence-corrected chi connectivity index (χ0v) is 8.66. The van der Waals surface area contributed by atoms with Crippen LogP contribution in [0.5, 0.6) is 0 Å². The van der Waals surface area contributed by atoms with Gasteiger partial charge in [0.2, 0.25) is 6.39 Å². The van der Waals surface area contributed by atoms with Gasteiger partial charge in [0.15, 0.2) is 5.82 Å². The first-order valence-electron chi connectivity index (χ1n) is 4.71. The van der Waals surface area contributed by atoms with Crippen LogP contribution in [0.2, 0.25) is 0 Å². The summed E-state index contributed by atoms with van der Waals surface area (Å²) in [6.07, 6.45) is 2.07. The Morgan fingerprint density at radius 1 is 1.57 bits per heavy atom. The molecule has 1 aromatic rings. The molecule has 0 amide bonds. The van der Waals surface area contributed by atoms with Gasteiger partial charge in [-0.05, 0) is 0 Å². The van der Waals surface area contributed by atoms with Crippen molar-refractivity contribution in [1.29, 1.82) is 0 Å². The van der Waals surface area contributed by atoms with E-state index in [0.717, 1.165) is 19.5 Å². The van der Waals surface area contributed by atoms with Crippen molar-refractivity contribution in [3.63, 3.8) is 0 Å². The fourth-order valence-corrected chi connectivity index (χ4v) is 0.985. The summed E-state index contributed by atoms with van der Waals surface area (Å²) < 4.78 is 4.60. The molecule has 0 saturated carbocycles. The molecule has 0 fully saturated rings. The third-order valence-electron chi connectivity index (χ3n) is 1.96. The van der Waals surface area contributed by atoms with E-state index >= 15 is 0 Å². The summed E-state index contributed by atoms with van der Waals surface area (Å²) in [4.78, 5) is 3.90. The predicted molar refractivity (Wildman–Crippen MR) is 51.7 cm³/mol. The standard InChI is InChI=1S/C9H17N3O2/c1-9(2,6-13)5-10-4-3-8-11-7-14-12-8/h7,10,13H,3-6H2,1-2H3. The third kappa shape index (κ3) is 3.85. The zero-order chi connectivity index (χ0) is 10.4. The highest BCUT2D eigenvalue weighted by molar-refractivity contribution is 4.79. The number of aromatic nitrogens is 2. The van der Waals surface area contributed by atoms with Crippen molar-refractivity contribution in [2.45, 2.75) is 20.3 Å². The van der Waals surface area contributed by atoms with Crippen LogP contribution in [-0.2, 0) is 6.42 Å². The van der Waals surface area contributed by atoms with Crippen LogP contribution in [-0.4, -0.2) is 34.9 Å². The van der Waals surface area contributed by atoms with Gasteiger partial charge in [-0.1, -0.05) is 19.0 Å². The van der Waals surface area contributed by atoms with Crippen LogP contribution in [0.1, 0.15) is 19.7 Å². The second kappa shape index (κ2) is 5.07. The Morgan fingerprint density at radius 3 is 2.93 bits per heavy atom. The second-order valence-corrected chi connectivity index (χ2v) is 4.10. The fourth-order valence-electron chi connectivity index (χ4n) is 0.985. The number of rotatable bonds is 6. The van der Waals surface area contributed by atoms with Gasteiger partial charge in [-0.15, -0.1) is 0 Å². The minimum Gasteiger partial charge on any atom is -0.396 e. The van der Waals surface area contributed by atoms with E-state index in [2.05, 4.69) is 20.0 Å². The topological polar surface area (TPSA) is 71.2 Å². The molecular weight excluding hydrogens is 182 g/mol. The molecule has 5 heteroatoms. The summed E-state index contributed by atoms with van der Waals surface area (Å²) in [7, 11) is 0. The molecule has 0 aliphatic carbocycles. The van der Waals surface area contributed by atoms with Crippen LogP contribution in [0.25, 0.3) is 0 Å². The molecule has 0 atom stereocenters. The number of aliphatic hydroxyl groups excluding tert-OH is 1. The fraction of sp³-hybridized carbons (Fsp3) is 0.778. The van der Waals surface area contributed by atoms with Crippen molar-refractivity contribution in [3.05, 3.63) is 12.2 Å². The van der Waals surface area contributed by atoms with E-state index < -0.39 is 0 Å². The number of nitrogens with zero attached hydrogens (tertiary/aromatic N) is 2. The minimum atomic E-state index is -0.0722. The Kier molecular flexibility index (Phi) is 4.03. The lowest BCUT2D eigenvalue weighted by atomic mass is 9.95. The lowest BCUT2D eigenvalue weighted by Gasteiger charge is -2.21. The summed E-state index contributed by atoms with van der Waals surface area (Å²) in [5.74, 6) is 0.708. The summed E-state index contributed by atoms with van der Waals surface area (Å²) in [5, 5.41) is 15.9. The van der Waals surface area contributed by atoms with Gasteiger partial charge in [-0.3, -0.25) is 0 Å². The summed E-state index contributed by atoms with van der Waals surface area (Å²) in [6.45, 7) is 5.77. The van der Waals surface area contributed by atoms with Crippen molar-refractivity contribution < 1.29 is 9.63 Å². The second-order valence-electron chi connectivity index (χ2n) is 4.10. The van der Waals surface area contributed by atoms with Gasteiger partial charge in [0, 0.05) is 31.5 Å². The normalized spacial score (nSPS) is 11.9. The lowest BCUT2D eigenvalue weighted by Crippen LogP contribution is -2.33. The van der Waals surface area contributed by atoms with Crippen molar-refractivity contribution in [2.24, 2.45) is 5.41 Å². The number of hydrogen-bond donors (Lipinski definition) is 2. The van der Waals surface area contributed by atoms with Gasteiger partial charge in [-0.2, -0.15) is 4.98 Å². The van der Waals surface area contributed by atoms with Crippen molar-refractivity contribution in [1.82, 2.24) is 15.5 Å². The molecule has 5 nitrogen and oxygen atoms in total. The van der Waals surface area contributed by atoms with Gasteiger partial charge in [0.25, 0.3) is 0 Å². The molecule has 1 rings (SSSR count). The average Bonchev–Trinajstić information content (AvgIpc) is 2.65. The molecule has 2 N–H and O–H groups in total. The first-order chi connectivity index (χ1) is 6.64. The van der Waals surface area contributed by atoms with Crippen molar-refractivity contribution in [2.75, 3.05) is 19.7 Å². The van der Waals surface area contributed by atoms with Gasteiger partial charge >= 0.3 is 0 Å². The largest absolute Gasteiger partial charge is 0.396 e. The Bertz CT molecular complexity index is 247. The molecule has 0 radical (unpaired) electrons. The van der Waals surface area contributed by atoms with Crippen molar-refractivity contribution >= 4 is 0 Å². The Labute approximate surface area is 83.5 Å². The van der Waals surface area contributed by atoms with Crippen LogP contribution in [0.15, 0.2) is 10.9 Å². The smallest absolute Gasteiger partial charge is 0.213 e. The maximum Gasteiger partial charge on any atom is 0.213 e. The van der Waals surface area contributed by atoms with E-state index in [9.17, 15) is 0 Å². The van der Waals surface area contributed by atoms with Crippen LogP contribution < -0.4 is 5.32 Å². The maximum absolute atomic E-state index is 9.00. The van der Waals surface area contributed by atoms with E-state index in [1.807, 2.05) is 13.8 Å². The molecule has 1 aromatic heterocycles. The van der Waals surface area contributed by atoms with Gasteiger partial charge < -0.3 is 14.9 Å². The molecule has 0 aliphatic rings. The first kappa shape index (κ1) is 11.1. The van der Waals surface area contributed by atoms with E-state index in [-0.39, 0.29) is 12.0 Å². The molecule has 0 aliphatic heterocycles. The number of aliphatic hydroxyl groups is 1. The molecule has 0 saturated heterocycles. The van der Waals surface area contributed by atoms with E-state index in [1.54, 1.807) is 0 Å². The van der Waals surface area contributed by atoms with Gasteiger partial charge in [0.05, 0.1) is 0 Å². The number of nitrogens with one attached hydrogen (secondary N) is 1. The summed E-state index contributed by atoms with van der Waals surface area (Å²) in [5.41, 5.74) is -0.0722. The average molecular weight is 199 g/mol. The molecule has 80 valence electrons. The minimum absolute atomic E-state index is 0.0722. The third-order valence-corrected chi connectivity index (χ3v) is 1.96. The highest BCUT2D eigenvalue weighted by atomic mass is 16.5. The van der Waals surface area contributed by atoms with Crippen LogP contribution in [0, 0.1) is 5.41 Å². The maximum atomic E-state index is 9.00.